The minimum absolute atomic E-state index is 0.598. The number of para-hydroxylation sites is 2. The molecule has 0 aliphatic rings. The van der Waals surface area contributed by atoms with Crippen LogP contribution in [0.15, 0.2) is 185 Å². The van der Waals surface area contributed by atoms with Crippen molar-refractivity contribution in [3.8, 4) is 17.1 Å². The summed E-state index contributed by atoms with van der Waals surface area (Å²) >= 11 is 1.83. The molecule has 6 heteroatoms. The summed E-state index contributed by atoms with van der Waals surface area (Å²) in [6.07, 6.45) is 0. The molecule has 0 bridgehead atoms. The molecule has 0 atom stereocenters. The van der Waals surface area contributed by atoms with Crippen LogP contribution < -0.4 is 4.90 Å². The van der Waals surface area contributed by atoms with Gasteiger partial charge in [-0.25, -0.2) is 4.98 Å². The van der Waals surface area contributed by atoms with E-state index >= 15 is 0 Å². The van der Waals surface area contributed by atoms with Crippen LogP contribution in [0.3, 0.4) is 0 Å². The molecule has 0 N–H and O–H groups in total. The monoisotopic (exact) mass is 723 g/mol. The summed E-state index contributed by atoms with van der Waals surface area (Å²) in [5, 5.41) is 6.84. The van der Waals surface area contributed by atoms with Gasteiger partial charge in [0.1, 0.15) is 16.7 Å². The van der Waals surface area contributed by atoms with Crippen LogP contribution in [0.1, 0.15) is 0 Å². The fraction of sp³-hybridized carbons (Fsp3) is 0. The summed E-state index contributed by atoms with van der Waals surface area (Å²) in [6, 6.07) is 62.0. The summed E-state index contributed by atoms with van der Waals surface area (Å²) in [7, 11) is 0. The molecule has 4 aromatic heterocycles. The maximum Gasteiger partial charge on any atom is 0.227 e. The Morgan fingerprint density at radius 3 is 2.07 bits per heavy atom. The third-order valence-corrected chi connectivity index (χ3v) is 11.9. The number of nitrogens with zero attached hydrogens (tertiary/aromatic N) is 3. The van der Waals surface area contributed by atoms with Gasteiger partial charge in [-0.05, 0) is 91.0 Å². The number of rotatable bonds is 5. The van der Waals surface area contributed by atoms with E-state index in [-0.39, 0.29) is 0 Å². The topological polar surface area (TPSA) is 47.3 Å². The summed E-state index contributed by atoms with van der Waals surface area (Å²) < 4.78 is 17.8. The smallest absolute Gasteiger partial charge is 0.227 e. The molecule has 12 aromatic rings. The fourth-order valence-corrected chi connectivity index (χ4v) is 9.54. The molecular formula is C49H29N3O2S. The first-order valence-corrected chi connectivity index (χ1v) is 19.2. The number of aromatic nitrogens is 2. The lowest BCUT2D eigenvalue weighted by atomic mass is 10.1. The lowest BCUT2D eigenvalue weighted by molar-refractivity contribution is 0.619. The van der Waals surface area contributed by atoms with Gasteiger partial charge in [0.15, 0.2) is 5.58 Å². The Bertz CT molecular complexity index is 3450. The molecule has 0 saturated carbocycles. The first-order chi connectivity index (χ1) is 27.3. The molecule has 0 unspecified atom stereocenters. The average molecular weight is 724 g/mol. The second kappa shape index (κ2) is 11.7. The predicted molar refractivity (Wildman–Crippen MR) is 229 cm³/mol. The van der Waals surface area contributed by atoms with Gasteiger partial charge in [-0.2, -0.15) is 0 Å². The van der Waals surface area contributed by atoms with Crippen molar-refractivity contribution in [2.75, 3.05) is 4.90 Å². The summed E-state index contributed by atoms with van der Waals surface area (Å²) in [5.74, 6) is 0.598. The zero-order valence-electron chi connectivity index (χ0n) is 29.3. The van der Waals surface area contributed by atoms with Gasteiger partial charge in [0, 0.05) is 65.0 Å². The number of fused-ring (bicyclic) bond motifs is 11. The predicted octanol–water partition coefficient (Wildman–Crippen LogP) is 14.3. The molecule has 55 heavy (non-hydrogen) atoms. The van der Waals surface area contributed by atoms with E-state index in [9.17, 15) is 0 Å². The van der Waals surface area contributed by atoms with Gasteiger partial charge in [0.2, 0.25) is 5.89 Å². The van der Waals surface area contributed by atoms with Gasteiger partial charge in [0.05, 0.1) is 22.1 Å². The molecule has 0 spiro atoms. The maximum absolute atomic E-state index is 6.65. The van der Waals surface area contributed by atoms with Gasteiger partial charge in [0.25, 0.3) is 0 Å². The van der Waals surface area contributed by atoms with Crippen LogP contribution >= 0.6 is 11.3 Å². The number of thiophene rings is 1. The van der Waals surface area contributed by atoms with Crippen LogP contribution in [0, 0.1) is 0 Å². The van der Waals surface area contributed by atoms with E-state index in [0.29, 0.717) is 5.89 Å². The van der Waals surface area contributed by atoms with Crippen molar-refractivity contribution in [3.05, 3.63) is 176 Å². The van der Waals surface area contributed by atoms with Crippen molar-refractivity contribution >= 4 is 103 Å². The summed E-state index contributed by atoms with van der Waals surface area (Å²) in [5.41, 5.74) is 10.7. The number of anilines is 3. The lowest BCUT2D eigenvalue weighted by Gasteiger charge is -2.26. The molecule has 4 heterocycles. The van der Waals surface area contributed by atoms with Gasteiger partial charge >= 0.3 is 0 Å². The summed E-state index contributed by atoms with van der Waals surface area (Å²) in [4.78, 5) is 7.37. The number of furan rings is 1. The minimum atomic E-state index is 0.598. The van der Waals surface area contributed by atoms with Gasteiger partial charge in [-0.1, -0.05) is 78.9 Å². The molecule has 258 valence electrons. The highest BCUT2D eigenvalue weighted by molar-refractivity contribution is 7.26. The third kappa shape index (κ3) is 4.55. The molecule has 0 fully saturated rings. The van der Waals surface area contributed by atoms with Crippen molar-refractivity contribution in [2.45, 2.75) is 0 Å². The van der Waals surface area contributed by atoms with Crippen molar-refractivity contribution < 1.29 is 8.83 Å². The Hall–Kier alpha value is -7.15. The highest BCUT2D eigenvalue weighted by Gasteiger charge is 2.23. The van der Waals surface area contributed by atoms with Gasteiger partial charge in [-0.3, -0.25) is 0 Å². The van der Waals surface area contributed by atoms with Crippen LogP contribution in [0.25, 0.3) is 92.2 Å². The Labute approximate surface area is 318 Å². The van der Waals surface area contributed by atoms with Crippen LogP contribution in [-0.2, 0) is 0 Å². The quantitative estimate of drug-likeness (QED) is 0.177. The van der Waals surface area contributed by atoms with Crippen LogP contribution in [0.2, 0.25) is 0 Å². The lowest BCUT2D eigenvalue weighted by Crippen LogP contribution is -2.10. The van der Waals surface area contributed by atoms with Crippen LogP contribution in [0.4, 0.5) is 17.1 Å². The first-order valence-electron chi connectivity index (χ1n) is 18.4. The van der Waals surface area contributed by atoms with Crippen molar-refractivity contribution in [2.24, 2.45) is 0 Å². The molecule has 0 radical (unpaired) electrons. The van der Waals surface area contributed by atoms with Crippen molar-refractivity contribution in [1.82, 2.24) is 9.55 Å². The van der Waals surface area contributed by atoms with Crippen LogP contribution in [-0.4, -0.2) is 9.55 Å². The molecule has 0 saturated heterocycles. The Kier molecular flexibility index (Phi) is 6.44. The maximum atomic E-state index is 6.65. The number of benzene rings is 8. The number of hydrogen-bond donors (Lipinski definition) is 0. The first kappa shape index (κ1) is 30.3. The minimum Gasteiger partial charge on any atom is -0.456 e. The zero-order valence-corrected chi connectivity index (χ0v) is 30.1. The summed E-state index contributed by atoms with van der Waals surface area (Å²) in [6.45, 7) is 0. The van der Waals surface area contributed by atoms with E-state index in [1.54, 1.807) is 0 Å². The molecule has 0 aliphatic heterocycles. The standard InChI is InChI=1S/C49H29N3O2S/c1-3-12-30(13-4-1)49-50-48-42(54-49)27-26-41-47(48)35-24-22-33(29-43(35)53-41)51(40-19-11-21-45-46(40)36-17-8-10-20-44(36)55-45)32-23-25-39-37(28-32)34-16-7-9-18-38(34)52(39)31-14-5-2-6-15-31/h1-29H. The van der Waals surface area contributed by atoms with Gasteiger partial charge < -0.3 is 18.3 Å². The number of hydrogen-bond acceptors (Lipinski definition) is 5. The van der Waals surface area contributed by atoms with E-state index < -0.39 is 0 Å². The van der Waals surface area contributed by atoms with E-state index in [4.69, 9.17) is 13.8 Å². The van der Waals surface area contributed by atoms with E-state index in [1.165, 1.54) is 36.5 Å². The average Bonchev–Trinajstić information content (AvgIpc) is 4.02. The number of oxazole rings is 1. The molecule has 5 nitrogen and oxygen atoms in total. The second-order valence-electron chi connectivity index (χ2n) is 13.9. The molecule has 0 amide bonds. The van der Waals surface area contributed by atoms with E-state index in [2.05, 4.69) is 143 Å². The highest BCUT2D eigenvalue weighted by atomic mass is 32.1. The third-order valence-electron chi connectivity index (χ3n) is 10.8. The van der Waals surface area contributed by atoms with Crippen LogP contribution in [0.5, 0.6) is 0 Å². The molecule has 0 aliphatic carbocycles. The second-order valence-corrected chi connectivity index (χ2v) is 15.0. The zero-order chi connectivity index (χ0) is 36.0. The van der Waals surface area contributed by atoms with Gasteiger partial charge in [-0.15, -0.1) is 11.3 Å². The van der Waals surface area contributed by atoms with E-state index in [1.807, 2.05) is 53.8 Å². The molecular weight excluding hydrogens is 695 g/mol. The Balaban J connectivity index is 1.11. The molecule has 8 aromatic carbocycles. The Morgan fingerprint density at radius 1 is 0.473 bits per heavy atom. The normalized spacial score (nSPS) is 12.0. The van der Waals surface area contributed by atoms with Crippen molar-refractivity contribution in [1.29, 1.82) is 0 Å². The Morgan fingerprint density at radius 2 is 1.18 bits per heavy atom. The SMILES string of the molecule is c1ccc(-c2nc3c(ccc4oc5cc(N(c6ccc7c(c6)c6ccccc6n7-c6ccccc6)c6cccc7sc8ccccc8c67)ccc5c43)o2)cc1. The fourth-order valence-electron chi connectivity index (χ4n) is 8.41. The van der Waals surface area contributed by atoms with Crippen molar-refractivity contribution in [3.63, 3.8) is 0 Å². The molecule has 12 rings (SSSR count). The highest BCUT2D eigenvalue weighted by Crippen LogP contribution is 2.47. The van der Waals surface area contributed by atoms with E-state index in [0.717, 1.165) is 66.9 Å². The largest absolute Gasteiger partial charge is 0.456 e.